The van der Waals surface area contributed by atoms with Crippen LogP contribution in [0.3, 0.4) is 0 Å². The fourth-order valence-electron chi connectivity index (χ4n) is 5.41. The number of aromatic nitrogens is 3. The molecule has 2 aromatic heterocycles. The van der Waals surface area contributed by atoms with Crippen LogP contribution in [0, 0.1) is 0 Å². The first-order chi connectivity index (χ1) is 19.6. The Labute approximate surface area is 234 Å². The lowest BCUT2D eigenvalue weighted by Gasteiger charge is -2.32. The second-order valence-electron chi connectivity index (χ2n) is 10.4. The highest BCUT2D eigenvalue weighted by atomic mass is 16.5. The van der Waals surface area contributed by atoms with Gasteiger partial charge in [-0.05, 0) is 72.8 Å². The summed E-state index contributed by atoms with van der Waals surface area (Å²) in [6, 6.07) is 28.3. The Morgan fingerprint density at radius 3 is 2.55 bits per heavy atom. The summed E-state index contributed by atoms with van der Waals surface area (Å²) in [5, 5.41) is 5.44. The van der Waals surface area contributed by atoms with Gasteiger partial charge in [-0.2, -0.15) is 5.10 Å². The molecule has 0 atom stereocenters. The maximum Gasteiger partial charge on any atom is 0.253 e. The maximum atomic E-state index is 13.1. The second-order valence-corrected chi connectivity index (χ2v) is 10.4. The van der Waals surface area contributed by atoms with Gasteiger partial charge in [-0.15, -0.1) is 0 Å². The molecule has 1 fully saturated rings. The molecule has 1 saturated heterocycles. The first-order valence-electron chi connectivity index (χ1n) is 13.8. The van der Waals surface area contributed by atoms with Crippen LogP contribution in [0.15, 0.2) is 104 Å². The van der Waals surface area contributed by atoms with Crippen LogP contribution in [0.25, 0.3) is 16.6 Å². The Kier molecular flexibility index (Phi) is 7.55. The summed E-state index contributed by atoms with van der Waals surface area (Å²) in [5.74, 6) is 0.955. The van der Waals surface area contributed by atoms with E-state index < -0.39 is 0 Å². The molecule has 3 aromatic carbocycles. The molecule has 0 N–H and O–H groups in total. The summed E-state index contributed by atoms with van der Waals surface area (Å²) in [5.41, 5.74) is 5.15. The topological polar surface area (TPSA) is 63.5 Å². The highest BCUT2D eigenvalue weighted by molar-refractivity contribution is 5.94. The summed E-state index contributed by atoms with van der Waals surface area (Å²) < 4.78 is 8.15. The van der Waals surface area contributed by atoms with Crippen molar-refractivity contribution in [1.29, 1.82) is 0 Å². The van der Waals surface area contributed by atoms with E-state index in [2.05, 4.69) is 64.5 Å². The number of hydrogen-bond donors (Lipinski definition) is 0. The molecule has 3 heterocycles. The molecule has 7 heteroatoms. The van der Waals surface area contributed by atoms with E-state index >= 15 is 0 Å². The first kappa shape index (κ1) is 25.8. The summed E-state index contributed by atoms with van der Waals surface area (Å²) in [7, 11) is 2.14. The van der Waals surface area contributed by atoms with E-state index in [1.54, 1.807) is 10.9 Å². The van der Waals surface area contributed by atoms with Gasteiger partial charge in [0.2, 0.25) is 0 Å². The smallest absolute Gasteiger partial charge is 0.253 e. The molecule has 1 aliphatic rings. The predicted molar refractivity (Wildman–Crippen MR) is 156 cm³/mol. The van der Waals surface area contributed by atoms with Crippen LogP contribution < -0.4 is 4.74 Å². The molecule has 7 nitrogen and oxygen atoms in total. The standard InChI is InChI=1S/C33H33N5O2/c1-36(24-27-7-3-10-32-31(27)9-4-17-34-32)23-25-6-2-8-30(22-25)40-29-15-20-37(21-16-29)33(39)26-11-13-28(14-12-26)38-19-5-18-35-38/h2-14,17-19,22,29H,15-16,20-21,23-24H2,1H3. The predicted octanol–water partition coefficient (Wildman–Crippen LogP) is 5.74. The van der Waals surface area contributed by atoms with Crippen molar-refractivity contribution in [3.8, 4) is 11.4 Å². The number of likely N-dealkylation sites (tertiary alicyclic amines) is 1. The second kappa shape index (κ2) is 11.7. The van der Waals surface area contributed by atoms with E-state index in [0.717, 1.165) is 42.9 Å². The number of amides is 1. The van der Waals surface area contributed by atoms with Gasteiger partial charge in [0.25, 0.3) is 5.91 Å². The average Bonchev–Trinajstić information content (AvgIpc) is 3.53. The van der Waals surface area contributed by atoms with E-state index in [1.807, 2.05) is 59.8 Å². The molecule has 0 spiro atoms. The van der Waals surface area contributed by atoms with Crippen molar-refractivity contribution < 1.29 is 9.53 Å². The fraction of sp³-hybridized carbons (Fsp3) is 0.242. The Bertz CT molecular complexity index is 1570. The third kappa shape index (κ3) is 5.90. The lowest BCUT2D eigenvalue weighted by Crippen LogP contribution is -2.41. The number of hydrogen-bond acceptors (Lipinski definition) is 5. The van der Waals surface area contributed by atoms with E-state index in [1.165, 1.54) is 16.5 Å². The number of piperidine rings is 1. The van der Waals surface area contributed by atoms with Gasteiger partial charge >= 0.3 is 0 Å². The zero-order valence-corrected chi connectivity index (χ0v) is 22.7. The highest BCUT2D eigenvalue weighted by Crippen LogP contribution is 2.23. The first-order valence-corrected chi connectivity index (χ1v) is 13.8. The number of benzene rings is 3. The van der Waals surface area contributed by atoms with Crippen molar-refractivity contribution in [2.24, 2.45) is 0 Å². The number of rotatable bonds is 8. The van der Waals surface area contributed by atoms with E-state index in [9.17, 15) is 4.79 Å². The minimum atomic E-state index is 0.0671. The molecule has 0 radical (unpaired) electrons. The lowest BCUT2D eigenvalue weighted by molar-refractivity contribution is 0.0595. The normalized spacial score (nSPS) is 14.1. The molecular weight excluding hydrogens is 498 g/mol. The van der Waals surface area contributed by atoms with Crippen LogP contribution >= 0.6 is 0 Å². The molecule has 0 bridgehead atoms. The average molecular weight is 532 g/mol. The number of carbonyl (C=O) groups is 1. The molecule has 1 amide bonds. The number of nitrogens with zero attached hydrogens (tertiary/aromatic N) is 5. The molecule has 6 rings (SSSR count). The maximum absolute atomic E-state index is 13.1. The Morgan fingerprint density at radius 2 is 1.75 bits per heavy atom. The number of fused-ring (bicyclic) bond motifs is 1. The molecule has 5 aromatic rings. The largest absolute Gasteiger partial charge is 0.490 e. The molecule has 40 heavy (non-hydrogen) atoms. The summed E-state index contributed by atoms with van der Waals surface area (Å²) >= 11 is 0. The van der Waals surface area contributed by atoms with Gasteiger partial charge < -0.3 is 9.64 Å². The summed E-state index contributed by atoms with van der Waals surface area (Å²) in [6.45, 7) is 3.03. The summed E-state index contributed by atoms with van der Waals surface area (Å²) in [4.78, 5) is 21.8. The molecule has 0 saturated carbocycles. The van der Waals surface area contributed by atoms with Crippen LogP contribution in [0.4, 0.5) is 0 Å². The van der Waals surface area contributed by atoms with Gasteiger partial charge in [0.05, 0.1) is 11.2 Å². The molecule has 202 valence electrons. The molecule has 0 unspecified atom stereocenters. The van der Waals surface area contributed by atoms with Gasteiger partial charge in [-0.25, -0.2) is 4.68 Å². The van der Waals surface area contributed by atoms with Crippen LogP contribution in [-0.4, -0.2) is 56.7 Å². The van der Waals surface area contributed by atoms with Crippen molar-refractivity contribution in [2.75, 3.05) is 20.1 Å². The van der Waals surface area contributed by atoms with Crippen molar-refractivity contribution >= 4 is 16.8 Å². The lowest BCUT2D eigenvalue weighted by atomic mass is 10.1. The van der Waals surface area contributed by atoms with Gasteiger partial charge in [-0.1, -0.05) is 30.3 Å². The minimum Gasteiger partial charge on any atom is -0.490 e. The van der Waals surface area contributed by atoms with Crippen molar-refractivity contribution in [1.82, 2.24) is 24.6 Å². The van der Waals surface area contributed by atoms with E-state index in [-0.39, 0.29) is 12.0 Å². The van der Waals surface area contributed by atoms with Crippen molar-refractivity contribution in [3.05, 3.63) is 120 Å². The Morgan fingerprint density at radius 1 is 0.925 bits per heavy atom. The van der Waals surface area contributed by atoms with Crippen molar-refractivity contribution in [2.45, 2.75) is 32.0 Å². The van der Waals surface area contributed by atoms with Gasteiger partial charge in [0.1, 0.15) is 11.9 Å². The zero-order valence-electron chi connectivity index (χ0n) is 22.7. The minimum absolute atomic E-state index is 0.0671. The Hall–Kier alpha value is -4.49. The fourth-order valence-corrected chi connectivity index (χ4v) is 5.41. The van der Waals surface area contributed by atoms with Gasteiger partial charge in [-0.3, -0.25) is 14.7 Å². The third-order valence-corrected chi connectivity index (χ3v) is 7.44. The molecule has 0 aliphatic carbocycles. The Balaban J connectivity index is 1.01. The number of carbonyl (C=O) groups excluding carboxylic acids is 1. The zero-order chi connectivity index (χ0) is 27.3. The summed E-state index contributed by atoms with van der Waals surface area (Å²) in [6.07, 6.45) is 7.20. The molecule has 1 aliphatic heterocycles. The van der Waals surface area contributed by atoms with Gasteiger partial charge in [0, 0.05) is 68.6 Å². The van der Waals surface area contributed by atoms with E-state index in [0.29, 0.717) is 18.7 Å². The van der Waals surface area contributed by atoms with E-state index in [4.69, 9.17) is 4.74 Å². The van der Waals surface area contributed by atoms with Crippen LogP contribution in [0.2, 0.25) is 0 Å². The number of pyridine rings is 1. The highest BCUT2D eigenvalue weighted by Gasteiger charge is 2.25. The number of ether oxygens (including phenoxy) is 1. The quantitative estimate of drug-likeness (QED) is 0.256. The van der Waals surface area contributed by atoms with Crippen LogP contribution in [-0.2, 0) is 13.1 Å². The van der Waals surface area contributed by atoms with Gasteiger partial charge in [0.15, 0.2) is 0 Å². The van der Waals surface area contributed by atoms with Crippen molar-refractivity contribution in [3.63, 3.8) is 0 Å². The molecular formula is C33H33N5O2. The monoisotopic (exact) mass is 531 g/mol. The van der Waals surface area contributed by atoms with Crippen LogP contribution in [0.1, 0.15) is 34.3 Å². The van der Waals surface area contributed by atoms with Crippen LogP contribution in [0.5, 0.6) is 5.75 Å². The third-order valence-electron chi connectivity index (χ3n) is 7.44. The SMILES string of the molecule is CN(Cc1cccc(OC2CCN(C(=O)c3ccc(-n4cccn4)cc3)CC2)c1)Cc1cccc2ncccc12.